The van der Waals surface area contributed by atoms with E-state index in [0.717, 1.165) is 57.8 Å². The molecule has 4 aliphatic rings. The van der Waals surface area contributed by atoms with Crippen molar-refractivity contribution in [2.24, 2.45) is 52.3 Å². The first-order valence-electron chi connectivity index (χ1n) is 14.8. The molecule has 37 heavy (non-hydrogen) atoms. The number of carbonyl (C=O) groups is 2. The van der Waals surface area contributed by atoms with Crippen molar-refractivity contribution in [3.05, 3.63) is 0 Å². The van der Waals surface area contributed by atoms with E-state index in [-0.39, 0.29) is 29.6 Å². The van der Waals surface area contributed by atoms with E-state index in [1.165, 1.54) is 0 Å². The molecule has 0 aliphatic heterocycles. The van der Waals surface area contributed by atoms with Crippen molar-refractivity contribution in [3.8, 4) is 0 Å². The van der Waals surface area contributed by atoms with Crippen LogP contribution in [0.3, 0.4) is 0 Å². The first kappa shape index (κ1) is 28.9. The summed E-state index contributed by atoms with van der Waals surface area (Å²) in [5, 5.41) is 10.4. The van der Waals surface area contributed by atoms with Gasteiger partial charge in [-0.15, -0.1) is 0 Å². The summed E-state index contributed by atoms with van der Waals surface area (Å²) in [6.07, 6.45) is 3.67. The highest BCUT2D eigenvalue weighted by Crippen LogP contribution is 2.69. The van der Waals surface area contributed by atoms with Crippen LogP contribution in [0.2, 0.25) is 0 Å². The van der Waals surface area contributed by atoms with Crippen LogP contribution in [-0.4, -0.2) is 35.7 Å². The quantitative estimate of drug-likeness (QED) is 0.269. The third-order valence-electron chi connectivity index (χ3n) is 11.7. The number of alkyl halides is 3. The maximum absolute atomic E-state index is 13.7. The van der Waals surface area contributed by atoms with Gasteiger partial charge >= 0.3 is 12.1 Å². The lowest BCUT2D eigenvalue weighted by atomic mass is 9.41. The number of aliphatic hydroxyl groups is 1. The topological polar surface area (TPSA) is 63.6 Å². The van der Waals surface area contributed by atoms with E-state index in [9.17, 15) is 27.9 Å². The Bertz CT molecular complexity index is 843. The van der Waals surface area contributed by atoms with Gasteiger partial charge in [-0.25, -0.2) is 0 Å². The summed E-state index contributed by atoms with van der Waals surface area (Å²) in [5.41, 5.74) is -0.588. The molecule has 0 saturated heterocycles. The fraction of sp³-hybridized carbons (Fsp3) is 0.933. The Labute approximate surface area is 220 Å². The molecule has 4 rings (SSSR count). The molecule has 212 valence electrons. The first-order valence-corrected chi connectivity index (χ1v) is 14.8. The van der Waals surface area contributed by atoms with Gasteiger partial charge in [0.1, 0.15) is 0 Å². The molecule has 4 fully saturated rings. The number of carbonyl (C=O) groups excluding carboxylic acids is 2. The van der Waals surface area contributed by atoms with E-state index in [1.54, 1.807) is 0 Å². The van der Waals surface area contributed by atoms with Crippen LogP contribution in [0.1, 0.15) is 105 Å². The Morgan fingerprint density at radius 1 is 1.05 bits per heavy atom. The number of Topliss-reactive ketones (excluding diaryl/α,β-unsaturated/α-hetero) is 1. The average molecular weight is 529 g/mol. The van der Waals surface area contributed by atoms with E-state index in [2.05, 4.69) is 20.8 Å². The van der Waals surface area contributed by atoms with Gasteiger partial charge in [0.15, 0.2) is 0 Å². The van der Waals surface area contributed by atoms with Crippen LogP contribution < -0.4 is 0 Å². The maximum Gasteiger partial charge on any atom is 0.450 e. The average Bonchev–Trinajstić information content (AvgIpc) is 3.19. The number of hydrogen-bond acceptors (Lipinski definition) is 4. The molecule has 4 aliphatic carbocycles. The summed E-state index contributed by atoms with van der Waals surface area (Å²) in [4.78, 5) is 24.9. The zero-order valence-electron chi connectivity index (χ0n) is 23.1. The lowest BCUT2D eigenvalue weighted by Gasteiger charge is -2.63. The van der Waals surface area contributed by atoms with Gasteiger partial charge in [-0.2, -0.15) is 13.2 Å². The second-order valence-corrected chi connectivity index (χ2v) is 13.4. The minimum Gasteiger partial charge on any atom is -0.466 e. The molecule has 0 heterocycles. The van der Waals surface area contributed by atoms with Gasteiger partial charge in [0, 0.05) is 12.3 Å². The van der Waals surface area contributed by atoms with Crippen molar-refractivity contribution in [3.63, 3.8) is 0 Å². The number of halogens is 3. The Kier molecular flexibility index (Phi) is 8.44. The zero-order chi connectivity index (χ0) is 27.2. The van der Waals surface area contributed by atoms with Crippen LogP contribution in [0.15, 0.2) is 0 Å². The number of hydrogen-bond donors (Lipinski definition) is 1. The standard InChI is InChI=1S/C30H47F3O4/c1-5-6-15-37-26(35)12-7-18(2)22-10-11-23-21-9-8-19-16-20(34)17-25(27(36)30(31,32)33)29(19,4)24(21)13-14-28(22,23)3/h18-25,34H,5-17H2,1-4H3/t18-,19?,20+,21+,22-,23+,24+,25?,28-,29+/m1/s1. The molecule has 0 amide bonds. The number of rotatable bonds is 8. The van der Waals surface area contributed by atoms with E-state index >= 15 is 0 Å². The third kappa shape index (κ3) is 5.24. The summed E-state index contributed by atoms with van der Waals surface area (Å²) in [6.45, 7) is 9.16. The van der Waals surface area contributed by atoms with Crippen LogP contribution in [0, 0.1) is 52.3 Å². The summed E-state index contributed by atoms with van der Waals surface area (Å²) in [7, 11) is 0. The maximum atomic E-state index is 13.7. The lowest BCUT2D eigenvalue weighted by molar-refractivity contribution is -0.201. The molecule has 0 bridgehead atoms. The third-order valence-corrected chi connectivity index (χ3v) is 11.7. The van der Waals surface area contributed by atoms with Gasteiger partial charge < -0.3 is 9.84 Å². The van der Waals surface area contributed by atoms with Gasteiger partial charge in [-0.1, -0.05) is 34.1 Å². The zero-order valence-corrected chi connectivity index (χ0v) is 23.1. The highest BCUT2D eigenvalue weighted by Gasteiger charge is 2.65. The fourth-order valence-electron chi connectivity index (χ4n) is 9.85. The van der Waals surface area contributed by atoms with Crippen LogP contribution in [0.5, 0.6) is 0 Å². The lowest BCUT2D eigenvalue weighted by Crippen LogP contribution is -2.60. The van der Waals surface area contributed by atoms with Crippen molar-refractivity contribution < 1.29 is 32.6 Å². The van der Waals surface area contributed by atoms with Gasteiger partial charge in [-0.05, 0) is 111 Å². The number of esters is 1. The predicted molar refractivity (Wildman–Crippen MR) is 135 cm³/mol. The molecule has 4 saturated carbocycles. The van der Waals surface area contributed by atoms with Gasteiger partial charge in [0.05, 0.1) is 12.7 Å². The minimum absolute atomic E-state index is 0.0343. The Morgan fingerprint density at radius 3 is 2.46 bits per heavy atom. The van der Waals surface area contributed by atoms with Gasteiger partial charge in [0.2, 0.25) is 5.78 Å². The summed E-state index contributed by atoms with van der Waals surface area (Å²) in [6, 6.07) is 0. The molecular formula is C30H47F3O4. The number of unbranched alkanes of at least 4 members (excludes halogenated alkanes) is 1. The molecule has 2 unspecified atom stereocenters. The number of aliphatic hydroxyl groups excluding tert-OH is 1. The summed E-state index contributed by atoms with van der Waals surface area (Å²) >= 11 is 0. The number of fused-ring (bicyclic) bond motifs is 5. The smallest absolute Gasteiger partial charge is 0.450 e. The van der Waals surface area contributed by atoms with E-state index in [4.69, 9.17) is 4.74 Å². The number of ketones is 1. The Hall–Kier alpha value is -1.11. The van der Waals surface area contributed by atoms with E-state index in [1.807, 2.05) is 6.92 Å². The molecular weight excluding hydrogens is 481 g/mol. The minimum atomic E-state index is -4.86. The largest absolute Gasteiger partial charge is 0.466 e. The van der Waals surface area contributed by atoms with Crippen LogP contribution in [-0.2, 0) is 14.3 Å². The van der Waals surface area contributed by atoms with Crippen molar-refractivity contribution >= 4 is 11.8 Å². The van der Waals surface area contributed by atoms with Crippen molar-refractivity contribution in [1.82, 2.24) is 0 Å². The highest BCUT2D eigenvalue weighted by molar-refractivity contribution is 5.87. The van der Waals surface area contributed by atoms with Crippen LogP contribution in [0.25, 0.3) is 0 Å². The highest BCUT2D eigenvalue weighted by atomic mass is 19.4. The Morgan fingerprint density at radius 2 is 1.78 bits per heavy atom. The number of ether oxygens (including phenoxy) is 1. The van der Waals surface area contributed by atoms with E-state index in [0.29, 0.717) is 43.1 Å². The fourth-order valence-corrected chi connectivity index (χ4v) is 9.85. The normalized spacial score (nSPS) is 42.3. The van der Waals surface area contributed by atoms with Crippen molar-refractivity contribution in [2.45, 2.75) is 117 Å². The molecule has 1 N–H and O–H groups in total. The van der Waals surface area contributed by atoms with Crippen molar-refractivity contribution in [1.29, 1.82) is 0 Å². The Balaban J connectivity index is 1.49. The molecule has 0 aromatic heterocycles. The molecule has 10 atom stereocenters. The van der Waals surface area contributed by atoms with E-state index < -0.39 is 29.4 Å². The predicted octanol–water partition coefficient (Wildman–Crippen LogP) is 7.12. The summed E-state index contributed by atoms with van der Waals surface area (Å²) < 4.78 is 46.4. The second-order valence-electron chi connectivity index (χ2n) is 13.4. The molecule has 0 aromatic rings. The summed E-state index contributed by atoms with van der Waals surface area (Å²) in [5.74, 6) is -1.17. The molecule has 7 heteroatoms. The van der Waals surface area contributed by atoms with Crippen LogP contribution in [0.4, 0.5) is 13.2 Å². The molecule has 4 nitrogen and oxygen atoms in total. The molecule has 0 spiro atoms. The van der Waals surface area contributed by atoms with Crippen molar-refractivity contribution in [2.75, 3.05) is 6.61 Å². The molecule has 0 radical (unpaired) electrons. The van der Waals surface area contributed by atoms with Crippen LogP contribution >= 0.6 is 0 Å². The first-order chi connectivity index (χ1) is 17.3. The van der Waals surface area contributed by atoms with Gasteiger partial charge in [0.25, 0.3) is 0 Å². The molecule has 0 aromatic carbocycles. The monoisotopic (exact) mass is 528 g/mol. The van der Waals surface area contributed by atoms with Gasteiger partial charge in [-0.3, -0.25) is 9.59 Å². The second kappa shape index (κ2) is 10.8. The SMILES string of the molecule is CCCCOC(=O)CC[C@@H](C)[C@H]1CC[C@H]2[C@@H]3CCC4C[C@H](O)CC(C(=O)C(F)(F)F)[C@]4(C)[C@H]3CC[C@]12C.